The summed E-state index contributed by atoms with van der Waals surface area (Å²) in [6.07, 6.45) is 3.20. The van der Waals surface area contributed by atoms with Crippen molar-refractivity contribution in [2.75, 3.05) is 12.4 Å². The molecule has 0 fully saturated rings. The number of halogens is 1. The van der Waals surface area contributed by atoms with E-state index < -0.39 is 0 Å². The van der Waals surface area contributed by atoms with Crippen LogP contribution in [0.25, 0.3) is 0 Å². The molecule has 0 bridgehead atoms. The van der Waals surface area contributed by atoms with Gasteiger partial charge in [0.25, 0.3) is 5.91 Å². The number of nitrogens with zero attached hydrogens (tertiary/aromatic N) is 1. The van der Waals surface area contributed by atoms with Crippen LogP contribution in [0.1, 0.15) is 37.4 Å². The van der Waals surface area contributed by atoms with E-state index in [9.17, 15) is 4.79 Å². The summed E-state index contributed by atoms with van der Waals surface area (Å²) in [6, 6.07) is 9.85. The van der Waals surface area contributed by atoms with Gasteiger partial charge in [-0.05, 0) is 30.9 Å². The summed E-state index contributed by atoms with van der Waals surface area (Å²) in [7, 11) is 0. The molecule has 0 saturated carbocycles. The number of aryl methyl sites for hydroxylation is 1. The van der Waals surface area contributed by atoms with Crippen LogP contribution in [0.2, 0.25) is 0 Å². The lowest BCUT2D eigenvalue weighted by atomic mass is 10.0. The van der Waals surface area contributed by atoms with E-state index in [0.717, 1.165) is 18.4 Å². The number of alkyl halides is 1. The van der Waals surface area contributed by atoms with Crippen molar-refractivity contribution in [3.63, 3.8) is 0 Å². The van der Waals surface area contributed by atoms with Crippen LogP contribution in [0.15, 0.2) is 36.0 Å². The Balaban J connectivity index is 2.62. The highest BCUT2D eigenvalue weighted by Gasteiger charge is 2.13. The largest absolute Gasteiger partial charge is 0.390 e. The van der Waals surface area contributed by atoms with Crippen LogP contribution in [0.3, 0.4) is 0 Å². The first-order chi connectivity index (χ1) is 10.6. The Kier molecular flexibility index (Phi) is 8.09. The Morgan fingerprint density at radius 3 is 2.64 bits per heavy atom. The summed E-state index contributed by atoms with van der Waals surface area (Å²) < 4.78 is 0. The molecule has 0 aliphatic carbocycles. The summed E-state index contributed by atoms with van der Waals surface area (Å²) in [5.41, 5.74) is 2.33. The van der Waals surface area contributed by atoms with Crippen molar-refractivity contribution in [1.82, 2.24) is 10.6 Å². The minimum absolute atomic E-state index is 0.0617. The van der Waals surface area contributed by atoms with Crippen molar-refractivity contribution < 1.29 is 4.79 Å². The molecule has 1 atom stereocenters. The van der Waals surface area contributed by atoms with Gasteiger partial charge in [0.05, 0.1) is 6.04 Å². The predicted octanol–water partition coefficient (Wildman–Crippen LogP) is 3.05. The number of carbonyl (C=O) groups excluding carboxylic acids is 1. The number of amides is 1. The average molecular weight is 320 g/mol. The number of nitrogens with one attached hydrogen (secondary N) is 2. The van der Waals surface area contributed by atoms with Gasteiger partial charge in [-0.3, -0.25) is 4.79 Å². The molecule has 4 nitrogen and oxygen atoms in total. The van der Waals surface area contributed by atoms with Gasteiger partial charge in [0.15, 0.2) is 0 Å². The van der Waals surface area contributed by atoms with Gasteiger partial charge < -0.3 is 10.6 Å². The summed E-state index contributed by atoms with van der Waals surface area (Å²) in [6.45, 7) is 4.63. The number of carbonyl (C=O) groups is 1. The van der Waals surface area contributed by atoms with Crippen molar-refractivity contribution in [3.05, 3.63) is 47.2 Å². The minimum atomic E-state index is -0.382. The van der Waals surface area contributed by atoms with Crippen molar-refractivity contribution in [2.45, 2.75) is 32.7 Å². The second-order valence-corrected chi connectivity index (χ2v) is 5.33. The van der Waals surface area contributed by atoms with Gasteiger partial charge in [-0.15, -0.1) is 11.6 Å². The molecule has 22 heavy (non-hydrogen) atoms. The van der Waals surface area contributed by atoms with Crippen molar-refractivity contribution in [3.8, 4) is 6.07 Å². The van der Waals surface area contributed by atoms with E-state index in [1.54, 1.807) is 0 Å². The van der Waals surface area contributed by atoms with Gasteiger partial charge in [-0.2, -0.15) is 5.26 Å². The molecule has 2 N–H and O–H groups in total. The third-order valence-corrected chi connectivity index (χ3v) is 3.57. The third kappa shape index (κ3) is 5.79. The van der Waals surface area contributed by atoms with E-state index in [-0.39, 0.29) is 17.5 Å². The van der Waals surface area contributed by atoms with Crippen LogP contribution in [-0.2, 0) is 11.2 Å². The second kappa shape index (κ2) is 9.86. The smallest absolute Gasteiger partial charge is 0.263 e. The van der Waals surface area contributed by atoms with Crippen LogP contribution >= 0.6 is 11.6 Å². The fourth-order valence-corrected chi connectivity index (χ4v) is 2.03. The number of hydrogen-bond acceptors (Lipinski definition) is 3. The fraction of sp³-hybridized carbons (Fsp3) is 0.412. The molecular weight excluding hydrogens is 298 g/mol. The van der Waals surface area contributed by atoms with E-state index in [2.05, 4.69) is 17.6 Å². The van der Waals surface area contributed by atoms with Gasteiger partial charge in [-0.25, -0.2) is 0 Å². The lowest BCUT2D eigenvalue weighted by Gasteiger charge is -2.14. The number of rotatable bonds is 8. The van der Waals surface area contributed by atoms with E-state index in [1.807, 2.05) is 37.3 Å². The maximum Gasteiger partial charge on any atom is 0.263 e. The fourth-order valence-electron chi connectivity index (χ4n) is 1.89. The summed E-state index contributed by atoms with van der Waals surface area (Å²) in [5.74, 6) is 0.160. The summed E-state index contributed by atoms with van der Waals surface area (Å²) in [5, 5.41) is 14.8. The number of benzene rings is 1. The van der Waals surface area contributed by atoms with Gasteiger partial charge in [-0.1, -0.05) is 31.2 Å². The molecule has 0 aliphatic heterocycles. The van der Waals surface area contributed by atoms with Gasteiger partial charge in [0.2, 0.25) is 0 Å². The van der Waals surface area contributed by atoms with Gasteiger partial charge in [0.1, 0.15) is 11.6 Å². The molecular formula is C17H22ClN3O. The zero-order valence-corrected chi connectivity index (χ0v) is 13.8. The Morgan fingerprint density at radius 2 is 2.09 bits per heavy atom. The average Bonchev–Trinajstić information content (AvgIpc) is 2.54. The molecule has 5 heteroatoms. The quantitative estimate of drug-likeness (QED) is 0.335. The monoisotopic (exact) mass is 319 g/mol. The van der Waals surface area contributed by atoms with Gasteiger partial charge >= 0.3 is 0 Å². The van der Waals surface area contributed by atoms with E-state index in [0.29, 0.717) is 12.4 Å². The lowest BCUT2D eigenvalue weighted by Crippen LogP contribution is -2.28. The first-order valence-electron chi connectivity index (χ1n) is 7.41. The highest BCUT2D eigenvalue weighted by molar-refractivity contribution is 6.17. The lowest BCUT2D eigenvalue weighted by molar-refractivity contribution is -0.117. The van der Waals surface area contributed by atoms with Crippen LogP contribution in [0, 0.1) is 11.3 Å². The van der Waals surface area contributed by atoms with Crippen molar-refractivity contribution in [1.29, 1.82) is 5.26 Å². The van der Waals surface area contributed by atoms with E-state index in [1.165, 1.54) is 11.8 Å². The molecule has 0 radical (unpaired) electrons. The Bertz CT molecular complexity index is 546. The molecule has 1 unspecified atom stereocenters. The first kappa shape index (κ1) is 18.1. The molecule has 118 valence electrons. The topological polar surface area (TPSA) is 64.9 Å². The Labute approximate surface area is 137 Å². The van der Waals surface area contributed by atoms with Gasteiger partial charge in [0, 0.05) is 18.6 Å². The predicted molar refractivity (Wildman–Crippen MR) is 89.4 cm³/mol. The molecule has 1 amide bonds. The number of hydrogen-bond donors (Lipinski definition) is 2. The second-order valence-electron chi connectivity index (χ2n) is 4.96. The maximum atomic E-state index is 12.1. The third-order valence-electron chi connectivity index (χ3n) is 3.30. The molecule has 0 heterocycles. The highest BCUT2D eigenvalue weighted by Crippen LogP contribution is 2.14. The maximum absolute atomic E-state index is 12.1. The summed E-state index contributed by atoms with van der Waals surface area (Å²) in [4.78, 5) is 12.1. The van der Waals surface area contributed by atoms with Crippen LogP contribution < -0.4 is 10.6 Å². The SMILES string of the molecule is CCc1ccc(C(C)NC(=O)/C(C#N)=C\NCCCCl)cc1. The highest BCUT2D eigenvalue weighted by atomic mass is 35.5. The molecule has 0 spiro atoms. The van der Waals surface area contributed by atoms with E-state index >= 15 is 0 Å². The molecule has 0 saturated heterocycles. The normalized spacial score (nSPS) is 12.4. The van der Waals surface area contributed by atoms with Crippen LogP contribution in [0.4, 0.5) is 0 Å². The Morgan fingerprint density at radius 1 is 1.41 bits per heavy atom. The zero-order chi connectivity index (χ0) is 16.4. The minimum Gasteiger partial charge on any atom is -0.390 e. The molecule has 1 aromatic rings. The van der Waals surface area contributed by atoms with Crippen molar-refractivity contribution >= 4 is 17.5 Å². The summed E-state index contributed by atoms with van der Waals surface area (Å²) >= 11 is 5.57. The van der Waals surface area contributed by atoms with Crippen LogP contribution in [-0.4, -0.2) is 18.3 Å². The van der Waals surface area contributed by atoms with Crippen molar-refractivity contribution in [2.24, 2.45) is 0 Å². The number of nitriles is 1. The molecule has 0 aromatic heterocycles. The molecule has 0 aliphatic rings. The molecule has 1 rings (SSSR count). The van der Waals surface area contributed by atoms with E-state index in [4.69, 9.17) is 16.9 Å². The first-order valence-corrected chi connectivity index (χ1v) is 7.95. The zero-order valence-electron chi connectivity index (χ0n) is 13.0. The standard InChI is InChI=1S/C17H22ClN3O/c1-3-14-5-7-15(8-6-14)13(2)21-17(22)16(11-19)12-20-10-4-9-18/h5-8,12-13,20H,3-4,9-10H2,1-2H3,(H,21,22)/b16-12-. The molecule has 1 aromatic carbocycles. The Hall–Kier alpha value is -1.99. The van der Waals surface area contributed by atoms with Crippen LogP contribution in [0.5, 0.6) is 0 Å².